The average molecular weight is 212 g/mol. The van der Waals surface area contributed by atoms with Crippen molar-refractivity contribution in [3.05, 3.63) is 0 Å². The van der Waals surface area contributed by atoms with Crippen LogP contribution in [0.1, 0.15) is 19.3 Å². The number of amides is 2. The van der Waals surface area contributed by atoms with Crippen molar-refractivity contribution in [3.63, 3.8) is 0 Å². The zero-order valence-corrected chi connectivity index (χ0v) is 8.70. The molecule has 1 N–H and O–H groups in total. The Kier molecular flexibility index (Phi) is 3.33. The number of likely N-dealkylation sites (tertiary alicyclic amines) is 1. The van der Waals surface area contributed by atoms with Crippen molar-refractivity contribution in [2.75, 3.05) is 26.2 Å². The van der Waals surface area contributed by atoms with Gasteiger partial charge in [-0.2, -0.15) is 0 Å². The lowest BCUT2D eigenvalue weighted by Crippen LogP contribution is -2.50. The molecule has 15 heavy (non-hydrogen) atoms. The Morgan fingerprint density at radius 3 is 2.67 bits per heavy atom. The summed E-state index contributed by atoms with van der Waals surface area (Å²) in [7, 11) is 0. The van der Waals surface area contributed by atoms with E-state index in [2.05, 4.69) is 5.32 Å². The molecule has 2 amide bonds. The SMILES string of the molecule is O=C1CCCC(=O)N1CC1CNCCO1. The highest BCUT2D eigenvalue weighted by Crippen LogP contribution is 2.13. The van der Waals surface area contributed by atoms with Gasteiger partial charge in [0, 0.05) is 25.9 Å². The summed E-state index contributed by atoms with van der Waals surface area (Å²) in [5.41, 5.74) is 0. The van der Waals surface area contributed by atoms with Crippen LogP contribution in [-0.4, -0.2) is 49.1 Å². The van der Waals surface area contributed by atoms with Gasteiger partial charge in [0.25, 0.3) is 0 Å². The van der Waals surface area contributed by atoms with Gasteiger partial charge >= 0.3 is 0 Å². The molecule has 2 heterocycles. The maximum Gasteiger partial charge on any atom is 0.229 e. The van der Waals surface area contributed by atoms with E-state index in [9.17, 15) is 9.59 Å². The number of piperidine rings is 1. The van der Waals surface area contributed by atoms with Crippen LogP contribution >= 0.6 is 0 Å². The van der Waals surface area contributed by atoms with Gasteiger partial charge in [-0.05, 0) is 6.42 Å². The van der Waals surface area contributed by atoms with Gasteiger partial charge in [-0.1, -0.05) is 0 Å². The summed E-state index contributed by atoms with van der Waals surface area (Å²) in [5.74, 6) is -0.110. The maximum atomic E-state index is 11.5. The van der Waals surface area contributed by atoms with Crippen LogP contribution in [0.4, 0.5) is 0 Å². The van der Waals surface area contributed by atoms with Gasteiger partial charge < -0.3 is 10.1 Å². The Labute approximate surface area is 88.8 Å². The lowest BCUT2D eigenvalue weighted by Gasteiger charge is -2.31. The fourth-order valence-corrected chi connectivity index (χ4v) is 1.94. The fraction of sp³-hybridized carbons (Fsp3) is 0.800. The molecule has 0 aromatic rings. The highest BCUT2D eigenvalue weighted by atomic mass is 16.5. The molecule has 5 heteroatoms. The lowest BCUT2D eigenvalue weighted by molar-refractivity contribution is -0.150. The summed E-state index contributed by atoms with van der Waals surface area (Å²) in [6.45, 7) is 2.63. The van der Waals surface area contributed by atoms with Crippen LogP contribution in [0.25, 0.3) is 0 Å². The third kappa shape index (κ3) is 2.54. The largest absolute Gasteiger partial charge is 0.374 e. The Hall–Kier alpha value is -0.940. The van der Waals surface area contributed by atoms with Gasteiger partial charge in [0.15, 0.2) is 0 Å². The summed E-state index contributed by atoms with van der Waals surface area (Å²) < 4.78 is 5.47. The van der Waals surface area contributed by atoms with E-state index < -0.39 is 0 Å². The van der Waals surface area contributed by atoms with Crippen LogP contribution in [0.2, 0.25) is 0 Å². The monoisotopic (exact) mass is 212 g/mol. The molecule has 2 aliphatic heterocycles. The first-order valence-electron chi connectivity index (χ1n) is 5.43. The summed E-state index contributed by atoms with van der Waals surface area (Å²) in [4.78, 5) is 24.4. The standard InChI is InChI=1S/C10H16N2O3/c13-9-2-1-3-10(14)12(9)7-8-6-11-4-5-15-8/h8,11H,1-7H2. The first-order chi connectivity index (χ1) is 7.27. The molecule has 2 saturated heterocycles. The van der Waals surface area contributed by atoms with E-state index in [4.69, 9.17) is 4.74 Å². The average Bonchev–Trinajstić information content (AvgIpc) is 2.25. The van der Waals surface area contributed by atoms with Crippen LogP contribution in [0.15, 0.2) is 0 Å². The summed E-state index contributed by atoms with van der Waals surface area (Å²) in [5, 5.41) is 3.18. The summed E-state index contributed by atoms with van der Waals surface area (Å²) in [6, 6.07) is 0. The topological polar surface area (TPSA) is 58.6 Å². The maximum absolute atomic E-state index is 11.5. The van der Waals surface area contributed by atoms with Gasteiger partial charge in [-0.3, -0.25) is 14.5 Å². The van der Waals surface area contributed by atoms with Crippen molar-refractivity contribution in [2.24, 2.45) is 0 Å². The Bertz CT molecular complexity index is 245. The number of imide groups is 1. The molecule has 5 nitrogen and oxygen atoms in total. The highest BCUT2D eigenvalue weighted by Gasteiger charge is 2.28. The first kappa shape index (κ1) is 10.6. The van der Waals surface area contributed by atoms with Crippen molar-refractivity contribution in [1.29, 1.82) is 0 Å². The smallest absolute Gasteiger partial charge is 0.229 e. The van der Waals surface area contributed by atoms with E-state index in [1.165, 1.54) is 4.90 Å². The minimum Gasteiger partial charge on any atom is -0.374 e. The van der Waals surface area contributed by atoms with Crippen LogP contribution < -0.4 is 5.32 Å². The molecule has 2 fully saturated rings. The molecule has 0 aromatic carbocycles. The number of ether oxygens (including phenoxy) is 1. The summed E-state index contributed by atoms with van der Waals surface area (Å²) in [6.07, 6.45) is 1.64. The van der Waals surface area contributed by atoms with E-state index in [0.29, 0.717) is 32.4 Å². The number of hydrogen-bond acceptors (Lipinski definition) is 4. The zero-order valence-electron chi connectivity index (χ0n) is 8.70. The van der Waals surface area contributed by atoms with Crippen molar-refractivity contribution in [3.8, 4) is 0 Å². The van der Waals surface area contributed by atoms with E-state index >= 15 is 0 Å². The van der Waals surface area contributed by atoms with E-state index in [0.717, 1.165) is 13.1 Å². The van der Waals surface area contributed by atoms with Gasteiger partial charge in [-0.25, -0.2) is 0 Å². The van der Waals surface area contributed by atoms with Gasteiger partial charge in [0.2, 0.25) is 11.8 Å². The molecule has 0 spiro atoms. The van der Waals surface area contributed by atoms with Gasteiger partial charge in [-0.15, -0.1) is 0 Å². The number of carbonyl (C=O) groups excluding carboxylic acids is 2. The van der Waals surface area contributed by atoms with Crippen LogP contribution in [0, 0.1) is 0 Å². The molecule has 0 aliphatic carbocycles. The predicted molar refractivity (Wildman–Crippen MR) is 53.2 cm³/mol. The molecule has 0 bridgehead atoms. The van der Waals surface area contributed by atoms with Gasteiger partial charge in [0.1, 0.15) is 0 Å². The molecule has 2 rings (SSSR count). The molecule has 0 radical (unpaired) electrons. The Morgan fingerprint density at radius 2 is 2.07 bits per heavy atom. The molecule has 0 aromatic heterocycles. The van der Waals surface area contributed by atoms with E-state index in [-0.39, 0.29) is 17.9 Å². The number of morpholine rings is 1. The van der Waals surface area contributed by atoms with E-state index in [1.54, 1.807) is 0 Å². The molecule has 84 valence electrons. The van der Waals surface area contributed by atoms with Crippen LogP contribution in [0.5, 0.6) is 0 Å². The van der Waals surface area contributed by atoms with E-state index in [1.807, 2.05) is 0 Å². The van der Waals surface area contributed by atoms with Crippen LogP contribution in [-0.2, 0) is 14.3 Å². The fourth-order valence-electron chi connectivity index (χ4n) is 1.94. The van der Waals surface area contributed by atoms with Crippen molar-refractivity contribution < 1.29 is 14.3 Å². The third-order valence-corrected chi connectivity index (χ3v) is 2.77. The third-order valence-electron chi connectivity index (χ3n) is 2.77. The second-order valence-corrected chi connectivity index (χ2v) is 3.95. The first-order valence-corrected chi connectivity index (χ1v) is 5.43. The number of nitrogens with one attached hydrogen (secondary N) is 1. The van der Waals surface area contributed by atoms with Crippen molar-refractivity contribution in [2.45, 2.75) is 25.4 Å². The molecule has 1 unspecified atom stereocenters. The Balaban J connectivity index is 1.90. The molecule has 0 saturated carbocycles. The molecular formula is C10H16N2O3. The highest BCUT2D eigenvalue weighted by molar-refractivity contribution is 5.97. The van der Waals surface area contributed by atoms with Crippen molar-refractivity contribution in [1.82, 2.24) is 10.2 Å². The Morgan fingerprint density at radius 1 is 1.33 bits per heavy atom. The number of nitrogens with zero attached hydrogens (tertiary/aromatic N) is 1. The minimum atomic E-state index is -0.0552. The second-order valence-electron chi connectivity index (χ2n) is 3.95. The number of hydrogen-bond donors (Lipinski definition) is 1. The summed E-state index contributed by atoms with van der Waals surface area (Å²) >= 11 is 0. The molecule has 1 atom stereocenters. The number of carbonyl (C=O) groups is 2. The molecular weight excluding hydrogens is 196 g/mol. The molecule has 2 aliphatic rings. The predicted octanol–water partition coefficient (Wildman–Crippen LogP) is -0.486. The lowest BCUT2D eigenvalue weighted by atomic mass is 10.1. The second kappa shape index (κ2) is 4.72. The van der Waals surface area contributed by atoms with Gasteiger partial charge in [0.05, 0.1) is 19.3 Å². The van der Waals surface area contributed by atoms with Crippen LogP contribution in [0.3, 0.4) is 0 Å². The number of rotatable bonds is 2. The quantitative estimate of drug-likeness (QED) is 0.628. The van der Waals surface area contributed by atoms with Crippen molar-refractivity contribution >= 4 is 11.8 Å². The normalized spacial score (nSPS) is 28.3. The minimum absolute atomic E-state index is 0.0373. The zero-order chi connectivity index (χ0) is 10.7.